The van der Waals surface area contributed by atoms with E-state index in [0.717, 1.165) is 10.6 Å². The molecule has 2 aromatic heterocycles. The number of nitrogens with one attached hydrogen (secondary N) is 2. The second kappa shape index (κ2) is 8.20. The second-order valence-electron chi connectivity index (χ2n) is 4.94. The lowest BCUT2D eigenvalue weighted by atomic mass is 10.3. The van der Waals surface area contributed by atoms with E-state index in [1.54, 1.807) is 29.5 Å². The summed E-state index contributed by atoms with van der Waals surface area (Å²) in [4.78, 5) is 12.7. The van der Waals surface area contributed by atoms with Gasteiger partial charge in [-0.3, -0.25) is 0 Å². The van der Waals surface area contributed by atoms with Gasteiger partial charge in [-0.15, -0.1) is 21.5 Å². The van der Waals surface area contributed by atoms with Gasteiger partial charge in [0, 0.05) is 6.07 Å². The number of hydrogen-bond donors (Lipinski definition) is 2. The second-order valence-corrected chi connectivity index (χ2v) is 5.89. The van der Waals surface area contributed by atoms with Gasteiger partial charge >= 0.3 is 6.03 Å². The number of thiophene rings is 1. The quantitative estimate of drug-likeness (QED) is 0.661. The summed E-state index contributed by atoms with van der Waals surface area (Å²) in [5.41, 5.74) is 0.903. The van der Waals surface area contributed by atoms with Gasteiger partial charge in [0.2, 0.25) is 5.88 Å². The lowest BCUT2D eigenvalue weighted by Gasteiger charge is -2.09. The predicted octanol–water partition coefficient (Wildman–Crippen LogP) is 3.54. The van der Waals surface area contributed by atoms with E-state index in [2.05, 4.69) is 20.8 Å². The minimum atomic E-state index is -0.507. The van der Waals surface area contributed by atoms with Gasteiger partial charge in [-0.1, -0.05) is 18.2 Å². The van der Waals surface area contributed by atoms with Crippen LogP contribution in [0.25, 0.3) is 10.6 Å². The molecule has 3 aromatic rings. The third-order valence-electron chi connectivity index (χ3n) is 3.17. The van der Waals surface area contributed by atoms with Gasteiger partial charge in [-0.2, -0.15) is 0 Å². The van der Waals surface area contributed by atoms with Crippen molar-refractivity contribution >= 4 is 23.1 Å². The number of ether oxygens (including phenoxy) is 1. The number of nitrogens with zero attached hydrogens (tertiary/aromatic N) is 2. The molecule has 3 rings (SSSR count). The first-order chi connectivity index (χ1) is 12.2. The lowest BCUT2D eigenvalue weighted by molar-refractivity contribution is 0.246. The van der Waals surface area contributed by atoms with E-state index in [9.17, 15) is 9.18 Å². The monoisotopic (exact) mass is 358 g/mol. The van der Waals surface area contributed by atoms with Crippen LogP contribution in [0.15, 0.2) is 53.9 Å². The molecular weight excluding hydrogens is 343 g/mol. The van der Waals surface area contributed by atoms with E-state index in [4.69, 9.17) is 4.74 Å². The predicted molar refractivity (Wildman–Crippen MR) is 94.3 cm³/mol. The van der Waals surface area contributed by atoms with E-state index in [1.165, 1.54) is 12.1 Å². The van der Waals surface area contributed by atoms with Crippen molar-refractivity contribution in [1.29, 1.82) is 0 Å². The summed E-state index contributed by atoms with van der Waals surface area (Å²) in [6.45, 7) is 0.465. The van der Waals surface area contributed by atoms with Crippen LogP contribution in [0.1, 0.15) is 0 Å². The first kappa shape index (κ1) is 16.8. The van der Waals surface area contributed by atoms with Crippen LogP contribution in [-0.4, -0.2) is 29.4 Å². The van der Waals surface area contributed by atoms with Crippen molar-refractivity contribution in [3.63, 3.8) is 0 Å². The lowest BCUT2D eigenvalue weighted by Crippen LogP contribution is -2.32. The highest BCUT2D eigenvalue weighted by molar-refractivity contribution is 7.13. The highest BCUT2D eigenvalue weighted by atomic mass is 32.1. The first-order valence-corrected chi connectivity index (χ1v) is 8.40. The molecule has 0 unspecified atom stereocenters. The fourth-order valence-electron chi connectivity index (χ4n) is 2.00. The molecule has 0 saturated heterocycles. The van der Waals surface area contributed by atoms with Crippen LogP contribution in [0.2, 0.25) is 0 Å². The molecule has 0 spiro atoms. The summed E-state index contributed by atoms with van der Waals surface area (Å²) in [6, 6.07) is 12.9. The summed E-state index contributed by atoms with van der Waals surface area (Å²) in [5.74, 6) is -0.119. The molecule has 2 heterocycles. The van der Waals surface area contributed by atoms with Gasteiger partial charge < -0.3 is 15.4 Å². The van der Waals surface area contributed by atoms with Crippen LogP contribution in [0.3, 0.4) is 0 Å². The Morgan fingerprint density at radius 3 is 2.72 bits per heavy atom. The van der Waals surface area contributed by atoms with Gasteiger partial charge in [0.25, 0.3) is 0 Å². The number of hydrogen-bond acceptors (Lipinski definition) is 5. The highest BCUT2D eigenvalue weighted by Crippen LogP contribution is 2.22. The van der Waals surface area contributed by atoms with Gasteiger partial charge in [-0.05, 0) is 29.6 Å². The van der Waals surface area contributed by atoms with Crippen LogP contribution >= 0.6 is 11.3 Å². The Hall–Kier alpha value is -3.00. The highest BCUT2D eigenvalue weighted by Gasteiger charge is 2.06. The van der Waals surface area contributed by atoms with Crippen molar-refractivity contribution in [1.82, 2.24) is 15.5 Å². The number of carbonyl (C=O) groups excluding carboxylic acids is 1. The van der Waals surface area contributed by atoms with Gasteiger partial charge in [0.15, 0.2) is 0 Å². The number of benzene rings is 1. The molecule has 0 atom stereocenters. The Balaban J connectivity index is 1.41. The number of carbonyl (C=O) groups is 1. The minimum absolute atomic E-state index is 0.121. The average Bonchev–Trinajstić information content (AvgIpc) is 3.16. The topological polar surface area (TPSA) is 76.1 Å². The maximum Gasteiger partial charge on any atom is 0.319 e. The maximum atomic E-state index is 13.4. The number of para-hydroxylation sites is 1. The van der Waals surface area contributed by atoms with Crippen molar-refractivity contribution in [2.45, 2.75) is 0 Å². The standard InChI is InChI=1S/C17H15FN4O2S/c18-12-4-1-2-5-13(12)20-17(23)19-9-10-24-16-8-7-14(21-22-16)15-6-3-11-25-15/h1-8,11H,9-10H2,(H2,19,20,23). The van der Waals surface area contributed by atoms with E-state index in [0.29, 0.717) is 5.88 Å². The maximum absolute atomic E-state index is 13.4. The number of amides is 2. The normalized spacial score (nSPS) is 10.3. The van der Waals surface area contributed by atoms with E-state index < -0.39 is 11.8 Å². The van der Waals surface area contributed by atoms with E-state index in [-0.39, 0.29) is 18.8 Å². The molecule has 2 N–H and O–H groups in total. The molecule has 1 aromatic carbocycles. The Morgan fingerprint density at radius 2 is 2.00 bits per heavy atom. The molecule has 8 heteroatoms. The molecule has 0 aliphatic heterocycles. The molecule has 6 nitrogen and oxygen atoms in total. The van der Waals surface area contributed by atoms with Gasteiger partial charge in [0.05, 0.1) is 17.1 Å². The SMILES string of the molecule is O=C(NCCOc1ccc(-c2cccs2)nn1)Nc1ccccc1F. The molecular formula is C17H15FN4O2S. The molecule has 0 aliphatic rings. The summed E-state index contributed by atoms with van der Waals surface area (Å²) < 4.78 is 18.8. The minimum Gasteiger partial charge on any atom is -0.475 e. The smallest absolute Gasteiger partial charge is 0.319 e. The van der Waals surface area contributed by atoms with E-state index >= 15 is 0 Å². The zero-order chi connectivity index (χ0) is 17.5. The van der Waals surface area contributed by atoms with Crippen LogP contribution in [0.5, 0.6) is 5.88 Å². The molecule has 2 amide bonds. The van der Waals surface area contributed by atoms with E-state index in [1.807, 2.05) is 23.6 Å². The summed E-state index contributed by atoms with van der Waals surface area (Å²) in [5, 5.41) is 15.1. The fraction of sp³-hybridized carbons (Fsp3) is 0.118. The van der Waals surface area contributed by atoms with Gasteiger partial charge in [-0.25, -0.2) is 9.18 Å². The Morgan fingerprint density at radius 1 is 1.12 bits per heavy atom. The average molecular weight is 358 g/mol. The Kier molecular flexibility index (Phi) is 5.53. The van der Waals surface area contributed by atoms with Crippen molar-refractivity contribution in [3.05, 3.63) is 59.7 Å². The number of urea groups is 1. The van der Waals surface area contributed by atoms with Crippen LogP contribution in [0, 0.1) is 5.82 Å². The fourth-order valence-corrected chi connectivity index (χ4v) is 2.69. The summed E-state index contributed by atoms with van der Waals surface area (Å²) in [6.07, 6.45) is 0. The molecule has 128 valence electrons. The third kappa shape index (κ3) is 4.74. The Bertz CT molecular complexity index is 825. The molecule has 0 bridgehead atoms. The van der Waals surface area contributed by atoms with Crippen LogP contribution in [0.4, 0.5) is 14.9 Å². The summed E-state index contributed by atoms with van der Waals surface area (Å²) >= 11 is 1.58. The van der Waals surface area contributed by atoms with Crippen molar-refractivity contribution in [3.8, 4) is 16.5 Å². The van der Waals surface area contributed by atoms with Crippen LogP contribution in [-0.2, 0) is 0 Å². The first-order valence-electron chi connectivity index (χ1n) is 7.52. The molecule has 25 heavy (non-hydrogen) atoms. The van der Waals surface area contributed by atoms with Crippen molar-refractivity contribution in [2.24, 2.45) is 0 Å². The number of anilines is 1. The number of rotatable bonds is 6. The zero-order valence-electron chi connectivity index (χ0n) is 13.1. The molecule has 0 aliphatic carbocycles. The number of aromatic nitrogens is 2. The Labute approximate surface area is 147 Å². The molecule has 0 radical (unpaired) electrons. The molecule has 0 fully saturated rings. The van der Waals surface area contributed by atoms with Crippen molar-refractivity contribution < 1.29 is 13.9 Å². The zero-order valence-corrected chi connectivity index (χ0v) is 13.9. The van der Waals surface area contributed by atoms with Crippen LogP contribution < -0.4 is 15.4 Å². The van der Waals surface area contributed by atoms with Gasteiger partial charge in [0.1, 0.15) is 18.1 Å². The van der Waals surface area contributed by atoms with Crippen molar-refractivity contribution in [2.75, 3.05) is 18.5 Å². The summed E-state index contributed by atoms with van der Waals surface area (Å²) in [7, 11) is 0. The molecule has 0 saturated carbocycles. The largest absolute Gasteiger partial charge is 0.475 e. The third-order valence-corrected chi connectivity index (χ3v) is 4.07. The number of halogens is 1.